The third-order valence-corrected chi connectivity index (χ3v) is 7.84. The quantitative estimate of drug-likeness (QED) is 0.354. The first kappa shape index (κ1) is 29.5. The van der Waals surface area contributed by atoms with Crippen molar-refractivity contribution in [3.8, 4) is 11.8 Å². The van der Waals surface area contributed by atoms with Gasteiger partial charge in [0.25, 0.3) is 17.4 Å². The number of likely N-dealkylation sites (N-methyl/N-ethyl adjacent to an activating group) is 1. The molecule has 2 saturated heterocycles. The largest absolute Gasteiger partial charge is 0.478 e. The number of nitrogens with one attached hydrogen (secondary N) is 2. The van der Waals surface area contributed by atoms with E-state index in [1.54, 1.807) is 33.7 Å². The van der Waals surface area contributed by atoms with Crippen molar-refractivity contribution < 1.29 is 23.0 Å². The summed E-state index contributed by atoms with van der Waals surface area (Å²) in [5, 5.41) is 16.1. The van der Waals surface area contributed by atoms with Gasteiger partial charge in [-0.05, 0) is 30.3 Å². The first-order valence-electron chi connectivity index (χ1n) is 13.4. The monoisotopic (exact) mass is 601 g/mol. The minimum Gasteiger partial charge on any atom is -0.478 e. The van der Waals surface area contributed by atoms with Crippen LogP contribution in [0.5, 0.6) is 5.75 Å². The Balaban J connectivity index is 1.49. The molecule has 2 fully saturated rings. The van der Waals surface area contributed by atoms with Gasteiger partial charge in [0.1, 0.15) is 11.9 Å². The van der Waals surface area contributed by atoms with Gasteiger partial charge >= 0.3 is 0 Å². The van der Waals surface area contributed by atoms with Crippen LogP contribution in [0.1, 0.15) is 12.5 Å². The number of pyridine rings is 2. The van der Waals surface area contributed by atoms with Crippen LogP contribution >= 0.6 is 11.6 Å². The van der Waals surface area contributed by atoms with E-state index in [9.17, 15) is 23.6 Å². The molecule has 0 radical (unpaired) electrons. The van der Waals surface area contributed by atoms with Crippen LogP contribution in [-0.2, 0) is 16.1 Å². The summed E-state index contributed by atoms with van der Waals surface area (Å²) in [7, 11) is 1.47. The maximum Gasteiger partial charge on any atom is 0.293 e. The molecular formula is C28H30ClF2N7O4. The van der Waals surface area contributed by atoms with Crippen LogP contribution in [0.25, 0.3) is 10.9 Å². The van der Waals surface area contributed by atoms with Crippen molar-refractivity contribution in [1.82, 2.24) is 14.9 Å². The van der Waals surface area contributed by atoms with Crippen LogP contribution in [0, 0.1) is 23.2 Å². The second-order valence-electron chi connectivity index (χ2n) is 10.6. The Morgan fingerprint density at radius 1 is 1.31 bits per heavy atom. The Bertz CT molecular complexity index is 1610. The Morgan fingerprint density at radius 2 is 2.07 bits per heavy atom. The summed E-state index contributed by atoms with van der Waals surface area (Å²) in [4.78, 5) is 31.1. The Kier molecular flexibility index (Phi) is 8.23. The van der Waals surface area contributed by atoms with Gasteiger partial charge in [-0.1, -0.05) is 18.5 Å². The van der Waals surface area contributed by atoms with Gasteiger partial charge in [-0.2, -0.15) is 5.26 Å². The fourth-order valence-corrected chi connectivity index (χ4v) is 5.24. The number of amides is 1. The summed E-state index contributed by atoms with van der Waals surface area (Å²) in [5.74, 6) is -3.88. The second-order valence-corrected chi connectivity index (χ2v) is 11.0. The van der Waals surface area contributed by atoms with Crippen LogP contribution < -0.4 is 31.6 Å². The molecule has 14 heteroatoms. The molecule has 5 rings (SSSR count). The maximum atomic E-state index is 14.4. The smallest absolute Gasteiger partial charge is 0.293 e. The molecule has 4 heterocycles. The number of ether oxygens (including phenoxy) is 2. The van der Waals surface area contributed by atoms with Crippen LogP contribution in [0.4, 0.5) is 26.1 Å². The van der Waals surface area contributed by atoms with Gasteiger partial charge in [0.05, 0.1) is 35.4 Å². The Labute approximate surface area is 245 Å². The maximum absolute atomic E-state index is 14.4. The van der Waals surface area contributed by atoms with Crippen molar-refractivity contribution in [3.05, 3.63) is 51.3 Å². The zero-order valence-corrected chi connectivity index (χ0v) is 23.8. The molecule has 0 aliphatic carbocycles. The summed E-state index contributed by atoms with van der Waals surface area (Å²) in [6.07, 6.45) is 0. The number of rotatable bonds is 8. The summed E-state index contributed by atoms with van der Waals surface area (Å²) in [6, 6.07) is 8.89. The summed E-state index contributed by atoms with van der Waals surface area (Å²) in [6.45, 7) is 2.37. The van der Waals surface area contributed by atoms with Crippen molar-refractivity contribution in [1.29, 1.82) is 5.26 Å². The SMILES string of the molecule is CNC(=O)COc1cc2cc(Nc3nc(N4CC(C)C(F)(F)C(N)C4)c(C#N)cc3Cl)ccc2n(CC2COC2)c1=O. The third kappa shape index (κ3) is 5.70. The van der Waals surface area contributed by atoms with Gasteiger partial charge in [-0.15, -0.1) is 0 Å². The molecule has 2 aliphatic rings. The number of hydrogen-bond donors (Lipinski definition) is 3. The van der Waals surface area contributed by atoms with E-state index < -0.39 is 17.9 Å². The highest BCUT2D eigenvalue weighted by Gasteiger charge is 2.48. The third-order valence-electron chi connectivity index (χ3n) is 7.55. The Morgan fingerprint density at radius 3 is 2.71 bits per heavy atom. The molecule has 1 aromatic carbocycles. The van der Waals surface area contributed by atoms with E-state index in [1.807, 2.05) is 6.07 Å². The van der Waals surface area contributed by atoms with Gasteiger partial charge in [-0.3, -0.25) is 9.59 Å². The van der Waals surface area contributed by atoms with E-state index in [1.165, 1.54) is 20.0 Å². The topological polar surface area (TPSA) is 148 Å². The molecule has 42 heavy (non-hydrogen) atoms. The van der Waals surface area contributed by atoms with E-state index in [2.05, 4.69) is 15.6 Å². The van der Waals surface area contributed by atoms with Crippen LogP contribution in [-0.4, -0.2) is 67.4 Å². The van der Waals surface area contributed by atoms with Crippen molar-refractivity contribution >= 4 is 45.7 Å². The van der Waals surface area contributed by atoms with E-state index in [0.29, 0.717) is 36.3 Å². The fraction of sp³-hybridized carbons (Fsp3) is 0.429. The van der Waals surface area contributed by atoms with Gasteiger partial charge in [0.15, 0.2) is 18.2 Å². The average Bonchev–Trinajstić information content (AvgIpc) is 2.94. The lowest BCUT2D eigenvalue weighted by molar-refractivity contribution is -0.122. The molecule has 0 spiro atoms. The number of fused-ring (bicyclic) bond motifs is 1. The molecule has 1 amide bonds. The number of hydrogen-bond acceptors (Lipinski definition) is 9. The second kappa shape index (κ2) is 11.7. The lowest BCUT2D eigenvalue weighted by Crippen LogP contribution is -2.60. The fourth-order valence-electron chi connectivity index (χ4n) is 5.04. The molecule has 4 N–H and O–H groups in total. The number of benzene rings is 1. The van der Waals surface area contributed by atoms with Crippen LogP contribution in [0.2, 0.25) is 5.02 Å². The van der Waals surface area contributed by atoms with Crippen molar-refractivity contribution in [2.24, 2.45) is 17.6 Å². The minimum atomic E-state index is -3.04. The number of carbonyl (C=O) groups excluding carboxylic acids is 1. The number of piperidine rings is 1. The number of aromatic nitrogens is 2. The molecule has 3 aromatic rings. The standard InChI is InChI=1S/C28H30ClF2N7O4/c1-15-9-37(11-23(33)28(15,30)31)26-18(8-32)6-20(29)25(36-26)35-19-3-4-21-17(5-19)7-22(42-14-24(39)34-2)27(40)38(21)10-16-12-41-13-16/h3-7,15-16,23H,9-14,33H2,1-2H3,(H,34,39)(H,35,36). The summed E-state index contributed by atoms with van der Waals surface area (Å²) < 4.78 is 41.2. The predicted octanol–water partition coefficient (Wildman–Crippen LogP) is 2.86. The molecule has 222 valence electrons. The molecule has 2 aromatic heterocycles. The minimum absolute atomic E-state index is 0.0210. The van der Waals surface area contributed by atoms with Crippen LogP contribution in [0.15, 0.2) is 35.1 Å². The normalized spacial score (nSPS) is 20.1. The summed E-state index contributed by atoms with van der Waals surface area (Å²) in [5.41, 5.74) is 6.76. The number of nitrogens with zero attached hydrogens (tertiary/aromatic N) is 4. The van der Waals surface area contributed by atoms with Crippen molar-refractivity contribution in [3.63, 3.8) is 0 Å². The van der Waals surface area contributed by atoms with Gasteiger partial charge < -0.3 is 35.3 Å². The van der Waals surface area contributed by atoms with Crippen LogP contribution in [0.3, 0.4) is 0 Å². The number of carbonyl (C=O) groups is 1. The summed E-state index contributed by atoms with van der Waals surface area (Å²) >= 11 is 6.47. The number of alkyl halides is 2. The molecule has 2 aliphatic heterocycles. The van der Waals surface area contributed by atoms with Crippen molar-refractivity contribution in [2.45, 2.75) is 25.4 Å². The number of anilines is 3. The number of halogens is 3. The zero-order chi connectivity index (χ0) is 30.2. The average molecular weight is 602 g/mol. The van der Waals surface area contributed by atoms with Crippen molar-refractivity contribution in [2.75, 3.05) is 50.2 Å². The highest BCUT2D eigenvalue weighted by atomic mass is 35.5. The van der Waals surface area contributed by atoms with E-state index in [4.69, 9.17) is 26.8 Å². The molecule has 2 unspecified atom stereocenters. The Hall–Kier alpha value is -3.99. The predicted molar refractivity (Wildman–Crippen MR) is 154 cm³/mol. The first-order valence-corrected chi connectivity index (χ1v) is 13.7. The van der Waals surface area contributed by atoms with E-state index in [0.717, 1.165) is 0 Å². The molecule has 0 saturated carbocycles. The van der Waals surface area contributed by atoms with Gasteiger partial charge in [0, 0.05) is 49.6 Å². The lowest BCUT2D eigenvalue weighted by atomic mass is 9.91. The first-order chi connectivity index (χ1) is 20.0. The van der Waals surface area contributed by atoms with Gasteiger partial charge in [-0.25, -0.2) is 13.8 Å². The molecule has 11 nitrogen and oxygen atoms in total. The number of nitriles is 1. The van der Waals surface area contributed by atoms with E-state index >= 15 is 0 Å². The molecule has 0 bridgehead atoms. The highest BCUT2D eigenvalue weighted by Crippen LogP contribution is 2.37. The lowest BCUT2D eigenvalue weighted by Gasteiger charge is -2.41. The van der Waals surface area contributed by atoms with Gasteiger partial charge in [0.2, 0.25) is 0 Å². The molecular weight excluding hydrogens is 572 g/mol. The highest BCUT2D eigenvalue weighted by molar-refractivity contribution is 6.33. The van der Waals surface area contributed by atoms with E-state index in [-0.39, 0.29) is 65.1 Å². The zero-order valence-electron chi connectivity index (χ0n) is 23.0. The molecule has 2 atom stereocenters. The number of nitrogens with two attached hydrogens (primary N) is 1.